The average Bonchev–Trinajstić information content (AvgIpc) is 1.61. The molecule has 0 aliphatic carbocycles. The zero-order chi connectivity index (χ0) is 5.70. The molecule has 0 aromatic carbocycles. The molecule has 44 valence electrons. The van der Waals surface area contributed by atoms with E-state index < -0.39 is 11.5 Å². The molecule has 0 aromatic heterocycles. The summed E-state index contributed by atoms with van der Waals surface area (Å²) in [7, 11) is 0. The van der Waals surface area contributed by atoms with Crippen LogP contribution in [0.4, 0.5) is 0 Å². The van der Waals surface area contributed by atoms with Crippen LogP contribution in [0.15, 0.2) is 0 Å². The van der Waals surface area contributed by atoms with Crippen molar-refractivity contribution in [1.29, 1.82) is 0 Å². The van der Waals surface area contributed by atoms with E-state index in [1.807, 2.05) is 6.92 Å². The third-order valence-electron chi connectivity index (χ3n) is 0.680. The summed E-state index contributed by atoms with van der Waals surface area (Å²) >= 11 is -1.32. The molecule has 0 aliphatic rings. The van der Waals surface area contributed by atoms with Gasteiger partial charge in [-0.15, -0.1) is 0 Å². The van der Waals surface area contributed by atoms with Crippen LogP contribution in [0, 0.1) is 0 Å². The minimum Gasteiger partial charge on any atom is -0.155 e. The zero-order valence-electron chi connectivity index (χ0n) is 4.42. The van der Waals surface area contributed by atoms with Crippen molar-refractivity contribution in [2.24, 2.45) is 0 Å². The van der Waals surface area contributed by atoms with Gasteiger partial charge in [0, 0.05) is 0 Å². The Hall–Kier alpha value is 0.270. The molecule has 0 atom stereocenters. The zero-order valence-corrected chi connectivity index (χ0v) is 5.24. The summed E-state index contributed by atoms with van der Waals surface area (Å²) in [5.74, 6) is 0.538. The molecule has 0 unspecified atom stereocenters. The summed E-state index contributed by atoms with van der Waals surface area (Å²) in [6.45, 7) is 2.02. The Balaban J connectivity index is 2.68. The third kappa shape index (κ3) is 6.27. The van der Waals surface area contributed by atoms with E-state index in [-0.39, 0.29) is 0 Å². The van der Waals surface area contributed by atoms with Crippen LogP contribution in [-0.2, 0) is 11.5 Å². The molecule has 0 rings (SSSR count). The fraction of sp³-hybridized carbons (Fsp3) is 1.00. The molecule has 0 saturated heterocycles. The first-order valence-corrected chi connectivity index (χ1v) is 3.67. The predicted molar refractivity (Wildman–Crippen MR) is 32.4 cm³/mol. The summed E-state index contributed by atoms with van der Waals surface area (Å²) in [6.07, 6.45) is 1.95. The average molecular weight is 123 g/mol. The fourth-order valence-electron chi connectivity index (χ4n) is 0.273. The summed E-state index contributed by atoms with van der Waals surface area (Å²) < 4.78 is 16.5. The lowest BCUT2D eigenvalue weighted by molar-refractivity contribution is 0.502. The van der Waals surface area contributed by atoms with E-state index in [1.54, 1.807) is 0 Å². The van der Waals surface area contributed by atoms with Crippen molar-refractivity contribution in [3.63, 3.8) is 0 Å². The quantitative estimate of drug-likeness (QED) is 0.556. The second kappa shape index (κ2) is 4.43. The van der Waals surface area contributed by atoms with E-state index in [4.69, 9.17) is 9.11 Å². The second-order valence-electron chi connectivity index (χ2n) is 1.40. The highest BCUT2D eigenvalue weighted by molar-refractivity contribution is 7.85. The van der Waals surface area contributed by atoms with E-state index in [2.05, 4.69) is 0 Å². The standard InChI is InChI=1S/C4H11O2S/c1-2-3-4-7(5)6/h5-6H,2-4H2,1H3/q+1. The number of hydrogen-bond donors (Lipinski definition) is 2. The van der Waals surface area contributed by atoms with Gasteiger partial charge in [0.2, 0.25) is 0 Å². The van der Waals surface area contributed by atoms with E-state index in [0.717, 1.165) is 12.8 Å². The van der Waals surface area contributed by atoms with Gasteiger partial charge in [0.15, 0.2) is 5.75 Å². The molecule has 2 nitrogen and oxygen atoms in total. The van der Waals surface area contributed by atoms with Gasteiger partial charge in [0.05, 0.1) is 0 Å². The smallest absolute Gasteiger partial charge is 0.155 e. The van der Waals surface area contributed by atoms with E-state index >= 15 is 0 Å². The molecule has 0 saturated carbocycles. The molecule has 3 heteroatoms. The number of hydrogen-bond acceptors (Lipinski definition) is 2. The fourth-order valence-corrected chi connectivity index (χ4v) is 0.820. The van der Waals surface area contributed by atoms with Crippen LogP contribution in [0.1, 0.15) is 19.8 Å². The largest absolute Gasteiger partial charge is 0.309 e. The Bertz CT molecular complexity index is 38.7. The third-order valence-corrected chi connectivity index (χ3v) is 1.33. The monoisotopic (exact) mass is 123 g/mol. The maximum Gasteiger partial charge on any atom is 0.309 e. The molecule has 0 aliphatic heterocycles. The van der Waals surface area contributed by atoms with Crippen LogP contribution in [0.25, 0.3) is 0 Å². The molecule has 0 heterocycles. The van der Waals surface area contributed by atoms with Crippen molar-refractivity contribution >= 4 is 11.5 Å². The van der Waals surface area contributed by atoms with Gasteiger partial charge in [-0.3, -0.25) is 0 Å². The van der Waals surface area contributed by atoms with Crippen molar-refractivity contribution in [3.05, 3.63) is 0 Å². The Morgan fingerprint density at radius 1 is 1.43 bits per heavy atom. The molecule has 0 amide bonds. The Morgan fingerprint density at radius 3 is 2.14 bits per heavy atom. The van der Waals surface area contributed by atoms with Gasteiger partial charge in [-0.25, -0.2) is 0 Å². The van der Waals surface area contributed by atoms with Gasteiger partial charge < -0.3 is 0 Å². The Kier molecular flexibility index (Phi) is 4.60. The minimum absolute atomic E-state index is 0.538. The van der Waals surface area contributed by atoms with Crippen LogP contribution in [0.5, 0.6) is 0 Å². The molecule has 2 N–H and O–H groups in total. The van der Waals surface area contributed by atoms with Crippen molar-refractivity contribution < 1.29 is 9.11 Å². The van der Waals surface area contributed by atoms with E-state index in [0.29, 0.717) is 5.75 Å². The van der Waals surface area contributed by atoms with Crippen LogP contribution < -0.4 is 0 Å². The summed E-state index contributed by atoms with van der Waals surface area (Å²) in [6, 6.07) is 0. The van der Waals surface area contributed by atoms with Crippen LogP contribution in [0.2, 0.25) is 0 Å². The highest BCUT2D eigenvalue weighted by Crippen LogP contribution is 1.90. The lowest BCUT2D eigenvalue weighted by atomic mass is 10.4. The Morgan fingerprint density at radius 2 is 2.00 bits per heavy atom. The van der Waals surface area contributed by atoms with Crippen molar-refractivity contribution in [1.82, 2.24) is 0 Å². The molecule has 7 heavy (non-hydrogen) atoms. The highest BCUT2D eigenvalue weighted by Gasteiger charge is 2.06. The van der Waals surface area contributed by atoms with Crippen molar-refractivity contribution in [2.75, 3.05) is 5.75 Å². The maximum atomic E-state index is 8.27. The summed E-state index contributed by atoms with van der Waals surface area (Å²) in [4.78, 5) is 0. The number of unbranched alkanes of at least 4 members (excludes halogenated alkanes) is 1. The summed E-state index contributed by atoms with van der Waals surface area (Å²) in [5, 5.41) is 0. The normalized spacial score (nSPS) is 10.3. The maximum absolute atomic E-state index is 8.27. The molecular formula is C4H11O2S+. The SMILES string of the molecule is CCCC[S+](O)O. The lowest BCUT2D eigenvalue weighted by Gasteiger charge is -1.84. The Labute approximate surface area is 46.9 Å². The van der Waals surface area contributed by atoms with Gasteiger partial charge in [-0.1, -0.05) is 13.3 Å². The molecule has 0 fully saturated rings. The van der Waals surface area contributed by atoms with Gasteiger partial charge in [0.1, 0.15) is 0 Å². The van der Waals surface area contributed by atoms with Crippen LogP contribution in [0.3, 0.4) is 0 Å². The van der Waals surface area contributed by atoms with E-state index in [1.165, 1.54) is 0 Å². The number of rotatable bonds is 3. The van der Waals surface area contributed by atoms with Gasteiger partial charge >= 0.3 is 11.5 Å². The van der Waals surface area contributed by atoms with Gasteiger partial charge in [-0.2, -0.15) is 9.11 Å². The molecule has 0 radical (unpaired) electrons. The van der Waals surface area contributed by atoms with Crippen LogP contribution in [-0.4, -0.2) is 14.9 Å². The minimum atomic E-state index is -1.32. The summed E-state index contributed by atoms with van der Waals surface area (Å²) in [5.41, 5.74) is 0. The predicted octanol–water partition coefficient (Wildman–Crippen LogP) is 1.35. The first kappa shape index (κ1) is 7.27. The van der Waals surface area contributed by atoms with Crippen molar-refractivity contribution in [3.8, 4) is 0 Å². The van der Waals surface area contributed by atoms with E-state index in [9.17, 15) is 0 Å². The highest BCUT2D eigenvalue weighted by atomic mass is 32.2. The lowest BCUT2D eigenvalue weighted by Crippen LogP contribution is -2.01. The first-order valence-electron chi connectivity index (χ1n) is 2.36. The van der Waals surface area contributed by atoms with Crippen molar-refractivity contribution in [2.45, 2.75) is 19.8 Å². The second-order valence-corrected chi connectivity index (χ2v) is 2.49. The molecule has 0 bridgehead atoms. The van der Waals surface area contributed by atoms with Gasteiger partial charge in [-0.05, 0) is 6.42 Å². The first-order chi connectivity index (χ1) is 3.27. The molecule has 0 spiro atoms. The molecule has 0 aromatic rings. The van der Waals surface area contributed by atoms with Crippen LogP contribution >= 0.6 is 0 Å². The van der Waals surface area contributed by atoms with Gasteiger partial charge in [0.25, 0.3) is 0 Å². The topological polar surface area (TPSA) is 40.5 Å². The molecular weight excluding hydrogens is 112 g/mol.